The van der Waals surface area contributed by atoms with Crippen LogP contribution in [0.15, 0.2) is 24.3 Å². The molecule has 0 spiro atoms. The molecule has 17 heavy (non-hydrogen) atoms. The molecule has 2 rings (SSSR count). The molecule has 1 aromatic rings. The third-order valence-electron chi connectivity index (χ3n) is 4.49. The van der Waals surface area contributed by atoms with Crippen LogP contribution in [-0.4, -0.2) is 5.54 Å². The molecule has 0 aromatic heterocycles. The SMILES string of the molecule is Cc1ccc(CC2(N)CCC(C)CC2C)cc1. The summed E-state index contributed by atoms with van der Waals surface area (Å²) >= 11 is 0. The lowest BCUT2D eigenvalue weighted by atomic mass is 9.68. The van der Waals surface area contributed by atoms with Crippen molar-refractivity contribution in [3.8, 4) is 0 Å². The number of rotatable bonds is 2. The predicted octanol–water partition coefficient (Wildman–Crippen LogP) is 3.69. The second-order valence-corrected chi connectivity index (χ2v) is 6.18. The van der Waals surface area contributed by atoms with E-state index < -0.39 is 0 Å². The molecule has 1 aromatic carbocycles. The van der Waals surface area contributed by atoms with Crippen LogP contribution in [-0.2, 0) is 6.42 Å². The smallest absolute Gasteiger partial charge is 0.0221 e. The van der Waals surface area contributed by atoms with E-state index in [9.17, 15) is 0 Å². The Morgan fingerprint density at radius 3 is 2.47 bits per heavy atom. The molecule has 2 N–H and O–H groups in total. The molecule has 1 fully saturated rings. The van der Waals surface area contributed by atoms with Crippen molar-refractivity contribution in [1.29, 1.82) is 0 Å². The summed E-state index contributed by atoms with van der Waals surface area (Å²) in [6, 6.07) is 8.84. The number of aryl methyl sites for hydroxylation is 1. The maximum absolute atomic E-state index is 6.63. The van der Waals surface area contributed by atoms with Crippen molar-refractivity contribution in [2.45, 2.75) is 52.0 Å². The van der Waals surface area contributed by atoms with Crippen LogP contribution in [0.2, 0.25) is 0 Å². The molecule has 1 nitrogen and oxygen atoms in total. The van der Waals surface area contributed by atoms with E-state index in [1.807, 2.05) is 0 Å². The van der Waals surface area contributed by atoms with E-state index in [1.54, 1.807) is 0 Å². The molecule has 1 aliphatic carbocycles. The van der Waals surface area contributed by atoms with E-state index in [0.29, 0.717) is 5.92 Å². The van der Waals surface area contributed by atoms with Crippen molar-refractivity contribution in [3.05, 3.63) is 35.4 Å². The minimum Gasteiger partial charge on any atom is -0.325 e. The highest BCUT2D eigenvalue weighted by Gasteiger charge is 2.36. The van der Waals surface area contributed by atoms with Gasteiger partial charge in [-0.1, -0.05) is 43.7 Å². The Labute approximate surface area is 105 Å². The predicted molar refractivity (Wildman–Crippen MR) is 74.0 cm³/mol. The summed E-state index contributed by atoms with van der Waals surface area (Å²) in [5.41, 5.74) is 9.36. The number of benzene rings is 1. The second-order valence-electron chi connectivity index (χ2n) is 6.18. The highest BCUT2D eigenvalue weighted by molar-refractivity contribution is 5.23. The van der Waals surface area contributed by atoms with Gasteiger partial charge in [0.2, 0.25) is 0 Å². The molecule has 94 valence electrons. The summed E-state index contributed by atoms with van der Waals surface area (Å²) in [6.07, 6.45) is 4.76. The Bertz CT molecular complexity index is 368. The maximum atomic E-state index is 6.63. The third-order valence-corrected chi connectivity index (χ3v) is 4.49. The van der Waals surface area contributed by atoms with Gasteiger partial charge in [-0.15, -0.1) is 0 Å². The van der Waals surface area contributed by atoms with Gasteiger partial charge in [-0.2, -0.15) is 0 Å². The van der Waals surface area contributed by atoms with E-state index in [-0.39, 0.29) is 5.54 Å². The first-order chi connectivity index (χ1) is 7.99. The minimum atomic E-state index is 0.0156. The van der Waals surface area contributed by atoms with Crippen LogP contribution >= 0.6 is 0 Å². The van der Waals surface area contributed by atoms with Crippen molar-refractivity contribution in [2.75, 3.05) is 0 Å². The van der Waals surface area contributed by atoms with E-state index in [2.05, 4.69) is 45.0 Å². The van der Waals surface area contributed by atoms with Gasteiger partial charge in [-0.3, -0.25) is 0 Å². The van der Waals surface area contributed by atoms with Crippen LogP contribution in [0.25, 0.3) is 0 Å². The van der Waals surface area contributed by atoms with Crippen LogP contribution in [0, 0.1) is 18.8 Å². The Morgan fingerprint density at radius 2 is 1.88 bits per heavy atom. The molecular weight excluding hydrogens is 206 g/mol. The Morgan fingerprint density at radius 1 is 1.24 bits per heavy atom. The van der Waals surface area contributed by atoms with E-state index in [1.165, 1.54) is 30.4 Å². The third kappa shape index (κ3) is 2.90. The first-order valence-corrected chi connectivity index (χ1v) is 6.84. The van der Waals surface area contributed by atoms with E-state index >= 15 is 0 Å². The second kappa shape index (κ2) is 4.81. The zero-order chi connectivity index (χ0) is 12.5. The summed E-state index contributed by atoms with van der Waals surface area (Å²) in [6.45, 7) is 6.80. The Hall–Kier alpha value is -0.820. The summed E-state index contributed by atoms with van der Waals surface area (Å²) < 4.78 is 0. The summed E-state index contributed by atoms with van der Waals surface area (Å²) in [5.74, 6) is 1.48. The van der Waals surface area contributed by atoms with Gasteiger partial charge in [-0.05, 0) is 50.0 Å². The fraction of sp³-hybridized carbons (Fsp3) is 0.625. The molecular formula is C16H25N. The lowest BCUT2D eigenvalue weighted by Gasteiger charge is -2.42. The standard InChI is InChI=1S/C16H25N/c1-12-4-6-15(7-5-12)11-16(17)9-8-13(2)10-14(16)3/h4-7,13-14H,8-11,17H2,1-3H3. The Kier molecular flexibility index (Phi) is 3.58. The molecule has 3 unspecified atom stereocenters. The summed E-state index contributed by atoms with van der Waals surface area (Å²) in [5, 5.41) is 0. The van der Waals surface area contributed by atoms with Crippen LogP contribution in [0.1, 0.15) is 44.2 Å². The van der Waals surface area contributed by atoms with Gasteiger partial charge in [0.25, 0.3) is 0 Å². The lowest BCUT2D eigenvalue weighted by molar-refractivity contribution is 0.163. The quantitative estimate of drug-likeness (QED) is 0.825. The minimum absolute atomic E-state index is 0.0156. The van der Waals surface area contributed by atoms with Gasteiger partial charge in [-0.25, -0.2) is 0 Å². The number of nitrogens with two attached hydrogens (primary N) is 1. The summed E-state index contributed by atoms with van der Waals surface area (Å²) in [4.78, 5) is 0. The van der Waals surface area contributed by atoms with Crippen LogP contribution in [0.3, 0.4) is 0 Å². The average Bonchev–Trinajstić information content (AvgIpc) is 2.28. The van der Waals surface area contributed by atoms with Gasteiger partial charge in [0.1, 0.15) is 0 Å². The van der Waals surface area contributed by atoms with Crippen LogP contribution < -0.4 is 5.73 Å². The molecule has 0 amide bonds. The van der Waals surface area contributed by atoms with Crippen molar-refractivity contribution >= 4 is 0 Å². The van der Waals surface area contributed by atoms with E-state index in [0.717, 1.165) is 12.3 Å². The number of hydrogen-bond acceptors (Lipinski definition) is 1. The molecule has 0 heterocycles. The van der Waals surface area contributed by atoms with Gasteiger partial charge in [0, 0.05) is 5.54 Å². The summed E-state index contributed by atoms with van der Waals surface area (Å²) in [7, 11) is 0. The van der Waals surface area contributed by atoms with Crippen LogP contribution in [0.5, 0.6) is 0 Å². The normalized spacial score (nSPS) is 33.6. The molecule has 0 aliphatic heterocycles. The fourth-order valence-corrected chi connectivity index (χ4v) is 3.07. The highest BCUT2D eigenvalue weighted by atomic mass is 14.8. The zero-order valence-electron chi connectivity index (χ0n) is 11.4. The van der Waals surface area contributed by atoms with Crippen molar-refractivity contribution in [2.24, 2.45) is 17.6 Å². The zero-order valence-corrected chi connectivity index (χ0v) is 11.4. The largest absolute Gasteiger partial charge is 0.325 e. The molecule has 1 saturated carbocycles. The van der Waals surface area contributed by atoms with Gasteiger partial charge in [0.05, 0.1) is 0 Å². The van der Waals surface area contributed by atoms with Crippen LogP contribution in [0.4, 0.5) is 0 Å². The first-order valence-electron chi connectivity index (χ1n) is 6.84. The first kappa shape index (κ1) is 12.6. The van der Waals surface area contributed by atoms with E-state index in [4.69, 9.17) is 5.73 Å². The van der Waals surface area contributed by atoms with Crippen molar-refractivity contribution in [3.63, 3.8) is 0 Å². The molecule has 0 bridgehead atoms. The molecule has 0 radical (unpaired) electrons. The monoisotopic (exact) mass is 231 g/mol. The molecule has 0 saturated heterocycles. The molecule has 1 heteroatoms. The lowest BCUT2D eigenvalue weighted by Crippen LogP contribution is -2.51. The molecule has 1 aliphatic rings. The van der Waals surface area contributed by atoms with Gasteiger partial charge in [0.15, 0.2) is 0 Å². The molecule has 3 atom stereocenters. The average molecular weight is 231 g/mol. The topological polar surface area (TPSA) is 26.0 Å². The maximum Gasteiger partial charge on any atom is 0.0221 e. The Balaban J connectivity index is 2.09. The van der Waals surface area contributed by atoms with Crippen molar-refractivity contribution < 1.29 is 0 Å². The van der Waals surface area contributed by atoms with Crippen molar-refractivity contribution in [1.82, 2.24) is 0 Å². The van der Waals surface area contributed by atoms with Gasteiger partial charge >= 0.3 is 0 Å². The number of hydrogen-bond donors (Lipinski definition) is 1. The fourth-order valence-electron chi connectivity index (χ4n) is 3.07. The highest BCUT2D eigenvalue weighted by Crippen LogP contribution is 2.37. The van der Waals surface area contributed by atoms with Gasteiger partial charge < -0.3 is 5.73 Å².